The maximum atomic E-state index is 11.9. The average Bonchev–Trinajstić information content (AvgIpc) is 2.93. The Kier molecular flexibility index (Phi) is 3.88. The third-order valence-electron chi connectivity index (χ3n) is 3.58. The maximum absolute atomic E-state index is 11.9. The summed E-state index contributed by atoms with van der Waals surface area (Å²) in [4.78, 5) is 11.9. The predicted molar refractivity (Wildman–Crippen MR) is 87.0 cm³/mol. The van der Waals surface area contributed by atoms with E-state index < -0.39 is 0 Å². The molecule has 0 unspecified atom stereocenters. The number of hydrogen-bond donors (Lipinski definition) is 0. The molecule has 0 radical (unpaired) electrons. The van der Waals surface area contributed by atoms with E-state index >= 15 is 0 Å². The van der Waals surface area contributed by atoms with Gasteiger partial charge in [0.1, 0.15) is 0 Å². The molecule has 0 bridgehead atoms. The molecule has 4 heteroatoms. The zero-order chi connectivity index (χ0) is 14.8. The number of amides is 1. The molecule has 0 saturated heterocycles. The normalized spacial score (nSPS) is 17.7. The first-order valence-corrected chi connectivity index (χ1v) is 7.62. The van der Waals surface area contributed by atoms with Crippen molar-refractivity contribution in [2.24, 2.45) is 5.10 Å². The first-order valence-electron chi connectivity index (χ1n) is 6.83. The summed E-state index contributed by atoms with van der Waals surface area (Å²) in [5.41, 5.74) is 3.11. The van der Waals surface area contributed by atoms with Gasteiger partial charge in [0.2, 0.25) is 5.91 Å². The van der Waals surface area contributed by atoms with Crippen molar-refractivity contribution in [2.45, 2.75) is 19.4 Å². The van der Waals surface area contributed by atoms with E-state index in [9.17, 15) is 4.79 Å². The molecule has 0 saturated carbocycles. The summed E-state index contributed by atoms with van der Waals surface area (Å²) in [6.45, 7) is 1.56. The lowest BCUT2D eigenvalue weighted by atomic mass is 9.98. The van der Waals surface area contributed by atoms with E-state index in [1.807, 2.05) is 54.6 Å². The molecule has 21 heavy (non-hydrogen) atoms. The maximum Gasteiger partial charge on any atom is 0.240 e. The summed E-state index contributed by atoms with van der Waals surface area (Å²) in [5.74, 6) is -0.0335. The van der Waals surface area contributed by atoms with Crippen molar-refractivity contribution < 1.29 is 4.79 Å². The molecule has 0 spiro atoms. The Morgan fingerprint density at radius 3 is 2.62 bits per heavy atom. The Balaban J connectivity index is 1.95. The van der Waals surface area contributed by atoms with Gasteiger partial charge in [-0.2, -0.15) is 5.10 Å². The molecule has 0 aliphatic carbocycles. The van der Waals surface area contributed by atoms with Crippen LogP contribution in [-0.4, -0.2) is 16.6 Å². The second kappa shape index (κ2) is 5.82. The van der Waals surface area contributed by atoms with E-state index in [0.29, 0.717) is 0 Å². The van der Waals surface area contributed by atoms with E-state index in [1.165, 1.54) is 0 Å². The summed E-state index contributed by atoms with van der Waals surface area (Å²) < 4.78 is 1.01. The lowest BCUT2D eigenvalue weighted by Crippen LogP contribution is -2.24. The Bertz CT molecular complexity index is 697. The van der Waals surface area contributed by atoms with Crippen LogP contribution in [-0.2, 0) is 4.79 Å². The van der Waals surface area contributed by atoms with Gasteiger partial charge in [-0.25, -0.2) is 5.01 Å². The van der Waals surface area contributed by atoms with Gasteiger partial charge < -0.3 is 0 Å². The highest BCUT2D eigenvalue weighted by atomic mass is 79.9. The minimum atomic E-state index is -0.0335. The van der Waals surface area contributed by atoms with Crippen molar-refractivity contribution in [1.82, 2.24) is 5.01 Å². The molecule has 0 fully saturated rings. The molecular formula is C17H15BrN2O. The minimum absolute atomic E-state index is 0.0160. The zero-order valence-electron chi connectivity index (χ0n) is 11.7. The number of hydrazone groups is 1. The summed E-state index contributed by atoms with van der Waals surface area (Å²) in [7, 11) is 0. The number of carbonyl (C=O) groups is 1. The number of halogens is 1. The van der Waals surface area contributed by atoms with Crippen LogP contribution in [0, 0.1) is 0 Å². The van der Waals surface area contributed by atoms with Gasteiger partial charge in [-0.15, -0.1) is 0 Å². The smallest absolute Gasteiger partial charge is 0.240 e. The molecule has 1 amide bonds. The van der Waals surface area contributed by atoms with Gasteiger partial charge in [0.25, 0.3) is 0 Å². The quantitative estimate of drug-likeness (QED) is 0.806. The van der Waals surface area contributed by atoms with Crippen LogP contribution < -0.4 is 0 Å². The topological polar surface area (TPSA) is 32.7 Å². The number of nitrogens with zero attached hydrogens (tertiary/aromatic N) is 2. The molecule has 106 valence electrons. The van der Waals surface area contributed by atoms with E-state index in [1.54, 1.807) is 11.9 Å². The average molecular weight is 343 g/mol. The molecular weight excluding hydrogens is 328 g/mol. The van der Waals surface area contributed by atoms with Crippen LogP contribution in [0.4, 0.5) is 0 Å². The molecule has 0 N–H and O–H groups in total. The molecule has 1 aliphatic rings. The number of hydrogen-bond acceptors (Lipinski definition) is 2. The molecule has 1 atom stereocenters. The van der Waals surface area contributed by atoms with Gasteiger partial charge in [-0.05, 0) is 23.3 Å². The van der Waals surface area contributed by atoms with Crippen LogP contribution in [0.25, 0.3) is 0 Å². The zero-order valence-corrected chi connectivity index (χ0v) is 13.2. The van der Waals surface area contributed by atoms with E-state index in [2.05, 4.69) is 21.0 Å². The number of carbonyl (C=O) groups excluding carboxylic acids is 1. The van der Waals surface area contributed by atoms with Crippen LogP contribution in [0.1, 0.15) is 30.5 Å². The standard InChI is InChI=1S/C17H15BrN2O/c1-12(21)20-17(13-6-3-2-4-7-13)11-16(19-20)14-8-5-9-15(18)10-14/h2-10,17H,11H2,1H3/t17-/m0/s1. The van der Waals surface area contributed by atoms with Crippen molar-refractivity contribution in [3.05, 3.63) is 70.2 Å². The lowest BCUT2D eigenvalue weighted by Gasteiger charge is -2.20. The largest absolute Gasteiger partial charge is 0.273 e. The Morgan fingerprint density at radius 1 is 1.19 bits per heavy atom. The second-order valence-electron chi connectivity index (χ2n) is 5.05. The Hall–Kier alpha value is -1.94. The SMILES string of the molecule is CC(=O)N1N=C(c2cccc(Br)c2)C[C@H]1c1ccccc1. The summed E-state index contributed by atoms with van der Waals surface area (Å²) >= 11 is 3.48. The highest BCUT2D eigenvalue weighted by Crippen LogP contribution is 2.32. The molecule has 1 aliphatic heterocycles. The van der Waals surface area contributed by atoms with Gasteiger partial charge in [0.05, 0.1) is 11.8 Å². The fourth-order valence-corrected chi connectivity index (χ4v) is 2.98. The third kappa shape index (κ3) is 2.90. The van der Waals surface area contributed by atoms with Crippen molar-refractivity contribution in [2.75, 3.05) is 0 Å². The molecule has 2 aromatic rings. The molecule has 0 aromatic heterocycles. The van der Waals surface area contributed by atoms with E-state index in [0.717, 1.165) is 27.7 Å². The van der Waals surface area contributed by atoms with E-state index in [4.69, 9.17) is 0 Å². The van der Waals surface area contributed by atoms with E-state index in [-0.39, 0.29) is 11.9 Å². The van der Waals surface area contributed by atoms with Crippen molar-refractivity contribution in [3.63, 3.8) is 0 Å². The van der Waals surface area contributed by atoms with Crippen LogP contribution in [0.5, 0.6) is 0 Å². The lowest BCUT2D eigenvalue weighted by molar-refractivity contribution is -0.130. The third-order valence-corrected chi connectivity index (χ3v) is 4.07. The van der Waals surface area contributed by atoms with Crippen LogP contribution in [0.3, 0.4) is 0 Å². The molecule has 3 nitrogen and oxygen atoms in total. The summed E-state index contributed by atoms with van der Waals surface area (Å²) in [5, 5.41) is 6.13. The number of rotatable bonds is 2. The first kappa shape index (κ1) is 14.0. The van der Waals surface area contributed by atoms with Crippen molar-refractivity contribution in [1.29, 1.82) is 0 Å². The van der Waals surface area contributed by atoms with Gasteiger partial charge in [0.15, 0.2) is 0 Å². The molecule has 2 aromatic carbocycles. The fourth-order valence-electron chi connectivity index (χ4n) is 2.58. The first-order chi connectivity index (χ1) is 10.1. The van der Waals surface area contributed by atoms with Crippen molar-refractivity contribution in [3.8, 4) is 0 Å². The fraction of sp³-hybridized carbons (Fsp3) is 0.176. The van der Waals surface area contributed by atoms with Crippen LogP contribution in [0.15, 0.2) is 64.2 Å². The monoisotopic (exact) mass is 342 g/mol. The van der Waals surface area contributed by atoms with Gasteiger partial charge in [-0.1, -0.05) is 58.4 Å². The summed E-state index contributed by atoms with van der Waals surface area (Å²) in [6.07, 6.45) is 0.736. The molecule has 1 heterocycles. The Morgan fingerprint density at radius 2 is 1.95 bits per heavy atom. The Labute approximate surface area is 132 Å². The van der Waals surface area contributed by atoms with Gasteiger partial charge >= 0.3 is 0 Å². The van der Waals surface area contributed by atoms with Crippen molar-refractivity contribution >= 4 is 27.5 Å². The minimum Gasteiger partial charge on any atom is -0.273 e. The van der Waals surface area contributed by atoms with Crippen LogP contribution >= 0.6 is 15.9 Å². The predicted octanol–water partition coefficient (Wildman–Crippen LogP) is 4.15. The number of benzene rings is 2. The van der Waals surface area contributed by atoms with Crippen LogP contribution in [0.2, 0.25) is 0 Å². The molecule has 3 rings (SSSR count). The van der Waals surface area contributed by atoms with Gasteiger partial charge in [0, 0.05) is 17.8 Å². The summed E-state index contributed by atoms with van der Waals surface area (Å²) in [6, 6.07) is 18.0. The van der Waals surface area contributed by atoms with Gasteiger partial charge in [-0.3, -0.25) is 4.79 Å². The highest BCUT2D eigenvalue weighted by Gasteiger charge is 2.31. The second-order valence-corrected chi connectivity index (χ2v) is 5.97. The highest BCUT2D eigenvalue weighted by molar-refractivity contribution is 9.10.